The van der Waals surface area contributed by atoms with Crippen molar-refractivity contribution in [3.05, 3.63) is 53.6 Å². The molecule has 0 bridgehead atoms. The molecule has 0 N–H and O–H groups in total. The number of benzene rings is 2. The van der Waals surface area contributed by atoms with E-state index in [1.807, 2.05) is 39.0 Å². The lowest BCUT2D eigenvalue weighted by Crippen LogP contribution is -2.13. The van der Waals surface area contributed by atoms with E-state index < -0.39 is 5.97 Å². The molecule has 2 aromatic carbocycles. The van der Waals surface area contributed by atoms with Crippen molar-refractivity contribution in [3.63, 3.8) is 0 Å². The second-order valence-electron chi connectivity index (χ2n) is 4.85. The van der Waals surface area contributed by atoms with E-state index in [4.69, 9.17) is 14.2 Å². The van der Waals surface area contributed by atoms with Crippen LogP contribution in [0.15, 0.2) is 42.5 Å². The molecule has 122 valence electrons. The number of rotatable bonds is 7. The highest BCUT2D eigenvalue weighted by atomic mass is 16.6. The summed E-state index contributed by atoms with van der Waals surface area (Å²) in [6.45, 7) is 6.80. The first-order chi connectivity index (χ1) is 11.2. The summed E-state index contributed by atoms with van der Waals surface area (Å²) in [6, 6.07) is 12.6. The van der Waals surface area contributed by atoms with E-state index in [2.05, 4.69) is 0 Å². The van der Waals surface area contributed by atoms with E-state index in [-0.39, 0.29) is 0 Å². The average molecular weight is 314 g/mol. The van der Waals surface area contributed by atoms with Crippen LogP contribution < -0.4 is 14.2 Å². The molecule has 0 aliphatic carbocycles. The van der Waals surface area contributed by atoms with Crippen LogP contribution in [0.25, 0.3) is 0 Å². The van der Waals surface area contributed by atoms with Crippen molar-refractivity contribution in [1.82, 2.24) is 0 Å². The third-order valence-corrected chi connectivity index (χ3v) is 3.34. The maximum Gasteiger partial charge on any atom is 0.347 e. The number of carbonyl (C=O) groups is 1. The minimum atomic E-state index is -0.448. The van der Waals surface area contributed by atoms with Gasteiger partial charge in [-0.15, -0.1) is 0 Å². The van der Waals surface area contributed by atoms with Gasteiger partial charge < -0.3 is 14.2 Å². The van der Waals surface area contributed by atoms with Crippen LogP contribution in [-0.2, 0) is 6.42 Å². The Kier molecular flexibility index (Phi) is 6.03. The van der Waals surface area contributed by atoms with Gasteiger partial charge in [0.25, 0.3) is 0 Å². The minimum Gasteiger partial charge on any atom is -0.493 e. The van der Waals surface area contributed by atoms with Crippen molar-refractivity contribution in [2.24, 2.45) is 0 Å². The van der Waals surface area contributed by atoms with Crippen LogP contribution in [0.1, 0.15) is 36.7 Å². The van der Waals surface area contributed by atoms with Gasteiger partial charge in [-0.25, -0.2) is 4.79 Å². The van der Waals surface area contributed by atoms with Gasteiger partial charge in [-0.2, -0.15) is 0 Å². The topological polar surface area (TPSA) is 44.8 Å². The molecular formula is C19H22O4. The standard InChI is InChI=1S/C19H22O4/c1-4-14-10-9-11-15(18(14)22-6-3)19(20)23-17-13-8-7-12-16(17)21-5-2/h7-13H,4-6H2,1-3H3. The second-order valence-corrected chi connectivity index (χ2v) is 4.85. The molecule has 0 heterocycles. The Morgan fingerprint density at radius 2 is 1.57 bits per heavy atom. The third-order valence-electron chi connectivity index (χ3n) is 3.34. The zero-order valence-corrected chi connectivity index (χ0v) is 13.8. The van der Waals surface area contributed by atoms with Crippen LogP contribution in [0.5, 0.6) is 17.2 Å². The van der Waals surface area contributed by atoms with Crippen LogP contribution in [0, 0.1) is 0 Å². The molecule has 0 spiro atoms. The van der Waals surface area contributed by atoms with Crippen LogP contribution >= 0.6 is 0 Å². The van der Waals surface area contributed by atoms with Gasteiger partial charge in [0.1, 0.15) is 11.3 Å². The normalized spacial score (nSPS) is 10.2. The first-order valence-electron chi connectivity index (χ1n) is 7.89. The lowest BCUT2D eigenvalue weighted by molar-refractivity contribution is 0.0724. The van der Waals surface area contributed by atoms with Gasteiger partial charge in [0, 0.05) is 0 Å². The summed E-state index contributed by atoms with van der Waals surface area (Å²) in [4.78, 5) is 12.6. The Balaban J connectivity index is 2.31. The molecule has 2 rings (SSSR count). The third kappa shape index (κ3) is 4.03. The zero-order valence-electron chi connectivity index (χ0n) is 13.8. The Morgan fingerprint density at radius 1 is 0.870 bits per heavy atom. The molecule has 4 heteroatoms. The summed E-state index contributed by atoms with van der Waals surface area (Å²) in [5, 5.41) is 0. The van der Waals surface area contributed by atoms with Gasteiger partial charge in [0.2, 0.25) is 0 Å². The van der Waals surface area contributed by atoms with Crippen molar-refractivity contribution in [3.8, 4) is 17.2 Å². The molecule has 0 aromatic heterocycles. The van der Waals surface area contributed by atoms with Crippen molar-refractivity contribution in [1.29, 1.82) is 0 Å². The highest BCUT2D eigenvalue weighted by Gasteiger charge is 2.19. The Morgan fingerprint density at radius 3 is 2.22 bits per heavy atom. The Hall–Kier alpha value is -2.49. The highest BCUT2D eigenvalue weighted by molar-refractivity contribution is 5.94. The van der Waals surface area contributed by atoms with Crippen LogP contribution in [0.3, 0.4) is 0 Å². The highest BCUT2D eigenvalue weighted by Crippen LogP contribution is 2.30. The lowest BCUT2D eigenvalue weighted by atomic mass is 10.1. The predicted molar refractivity (Wildman–Crippen MR) is 89.6 cm³/mol. The summed E-state index contributed by atoms with van der Waals surface area (Å²) in [5.74, 6) is 1.10. The molecule has 0 atom stereocenters. The van der Waals surface area contributed by atoms with E-state index in [1.54, 1.807) is 24.3 Å². The fraction of sp³-hybridized carbons (Fsp3) is 0.316. The molecule has 4 nitrogen and oxygen atoms in total. The molecule has 0 unspecified atom stereocenters. The molecule has 0 saturated heterocycles. The van der Waals surface area contributed by atoms with E-state index in [0.29, 0.717) is 36.0 Å². The van der Waals surface area contributed by atoms with Crippen molar-refractivity contribution >= 4 is 5.97 Å². The van der Waals surface area contributed by atoms with Crippen LogP contribution in [-0.4, -0.2) is 19.2 Å². The molecule has 0 radical (unpaired) electrons. The average Bonchev–Trinajstić information content (AvgIpc) is 2.57. The Bertz CT molecular complexity index is 664. The number of carbonyl (C=O) groups excluding carboxylic acids is 1. The van der Waals surface area contributed by atoms with Crippen molar-refractivity contribution in [2.45, 2.75) is 27.2 Å². The van der Waals surface area contributed by atoms with Crippen LogP contribution in [0.2, 0.25) is 0 Å². The van der Waals surface area contributed by atoms with E-state index in [1.165, 1.54) is 0 Å². The van der Waals surface area contributed by atoms with Gasteiger partial charge >= 0.3 is 5.97 Å². The van der Waals surface area contributed by atoms with Gasteiger partial charge in [-0.3, -0.25) is 0 Å². The summed E-state index contributed by atoms with van der Waals surface area (Å²) in [6.07, 6.45) is 0.784. The quantitative estimate of drug-likeness (QED) is 0.565. The van der Waals surface area contributed by atoms with E-state index >= 15 is 0 Å². The monoisotopic (exact) mass is 314 g/mol. The Labute approximate surface area is 137 Å². The van der Waals surface area contributed by atoms with Gasteiger partial charge in [-0.1, -0.05) is 31.2 Å². The molecule has 23 heavy (non-hydrogen) atoms. The second kappa shape index (κ2) is 8.22. The SMILES string of the molecule is CCOc1ccccc1OC(=O)c1cccc(CC)c1OCC. The van der Waals surface area contributed by atoms with Crippen LogP contribution in [0.4, 0.5) is 0 Å². The predicted octanol–water partition coefficient (Wildman–Crippen LogP) is 4.27. The number of hydrogen-bond acceptors (Lipinski definition) is 4. The number of ether oxygens (including phenoxy) is 3. The summed E-state index contributed by atoms with van der Waals surface area (Å²) in [5.41, 5.74) is 1.41. The summed E-state index contributed by atoms with van der Waals surface area (Å²) < 4.78 is 16.7. The number of para-hydroxylation sites is 3. The lowest BCUT2D eigenvalue weighted by Gasteiger charge is -2.14. The molecule has 0 saturated carbocycles. The van der Waals surface area contributed by atoms with E-state index in [9.17, 15) is 4.79 Å². The fourth-order valence-corrected chi connectivity index (χ4v) is 2.30. The maximum atomic E-state index is 12.6. The first-order valence-corrected chi connectivity index (χ1v) is 7.89. The van der Waals surface area contributed by atoms with Crippen molar-refractivity contribution < 1.29 is 19.0 Å². The number of hydrogen-bond donors (Lipinski definition) is 0. The molecule has 2 aromatic rings. The minimum absolute atomic E-state index is 0.406. The molecule has 0 fully saturated rings. The van der Waals surface area contributed by atoms with E-state index in [0.717, 1.165) is 12.0 Å². The summed E-state index contributed by atoms with van der Waals surface area (Å²) >= 11 is 0. The molecular weight excluding hydrogens is 292 g/mol. The van der Waals surface area contributed by atoms with Crippen molar-refractivity contribution in [2.75, 3.05) is 13.2 Å². The zero-order chi connectivity index (χ0) is 16.7. The molecule has 0 aliphatic rings. The number of esters is 1. The fourth-order valence-electron chi connectivity index (χ4n) is 2.30. The van der Waals surface area contributed by atoms with Gasteiger partial charge in [-0.05, 0) is 44.0 Å². The first kappa shape index (κ1) is 16.9. The molecule has 0 amide bonds. The summed E-state index contributed by atoms with van der Waals surface area (Å²) in [7, 11) is 0. The largest absolute Gasteiger partial charge is 0.493 e. The van der Waals surface area contributed by atoms with Gasteiger partial charge in [0.15, 0.2) is 11.5 Å². The van der Waals surface area contributed by atoms with Gasteiger partial charge in [0.05, 0.1) is 13.2 Å². The smallest absolute Gasteiger partial charge is 0.347 e. The maximum absolute atomic E-state index is 12.6. The number of aryl methyl sites for hydroxylation is 1. The molecule has 0 aliphatic heterocycles.